The van der Waals surface area contributed by atoms with Crippen molar-refractivity contribution in [2.45, 2.75) is 6.54 Å². The van der Waals surface area contributed by atoms with Crippen molar-refractivity contribution in [1.29, 1.82) is 0 Å². The van der Waals surface area contributed by atoms with Crippen LogP contribution in [-0.2, 0) is 6.54 Å². The molecule has 0 N–H and O–H groups in total. The summed E-state index contributed by atoms with van der Waals surface area (Å²) in [5.74, 6) is 0.933. The summed E-state index contributed by atoms with van der Waals surface area (Å²) in [4.78, 5) is 19.4. The van der Waals surface area contributed by atoms with Crippen molar-refractivity contribution in [1.82, 2.24) is 4.98 Å². The lowest BCUT2D eigenvalue weighted by Gasteiger charge is -2.19. The van der Waals surface area contributed by atoms with Crippen LogP contribution in [0.25, 0.3) is 10.2 Å². The summed E-state index contributed by atoms with van der Waals surface area (Å²) >= 11 is 1.24. The maximum absolute atomic E-state index is 13.6. The van der Waals surface area contributed by atoms with Gasteiger partial charge in [-0.05, 0) is 48.5 Å². The molecular weight excluding hydrogens is 395 g/mol. The van der Waals surface area contributed by atoms with E-state index in [2.05, 4.69) is 4.98 Å². The van der Waals surface area contributed by atoms with Gasteiger partial charge >= 0.3 is 0 Å². The molecule has 0 fully saturated rings. The van der Waals surface area contributed by atoms with Crippen LogP contribution in [0, 0.1) is 5.82 Å². The van der Waals surface area contributed by atoms with E-state index in [0.29, 0.717) is 38.2 Å². The standard InChI is InChI=1S/C21H17FN2O4S/c1-26-17-8-5-13(10-18(17)27-2)20(25)24(12-15-4-3-9-28-15)21-23-16-7-6-14(22)11-19(16)29-21/h3-11H,12H2,1-2H3. The van der Waals surface area contributed by atoms with Gasteiger partial charge in [0.15, 0.2) is 16.6 Å². The fraction of sp³-hybridized carbons (Fsp3) is 0.143. The summed E-state index contributed by atoms with van der Waals surface area (Å²) in [5.41, 5.74) is 1.02. The van der Waals surface area contributed by atoms with Crippen LogP contribution in [0.5, 0.6) is 11.5 Å². The van der Waals surface area contributed by atoms with Gasteiger partial charge in [-0.2, -0.15) is 0 Å². The SMILES string of the molecule is COc1ccc(C(=O)N(Cc2ccco2)c2nc3ccc(F)cc3s2)cc1OC. The van der Waals surface area contributed by atoms with E-state index in [1.54, 1.807) is 42.7 Å². The smallest absolute Gasteiger partial charge is 0.260 e. The zero-order valence-electron chi connectivity index (χ0n) is 15.7. The molecule has 1 amide bonds. The van der Waals surface area contributed by atoms with Gasteiger partial charge in [0.2, 0.25) is 0 Å². The number of nitrogens with zero attached hydrogens (tertiary/aromatic N) is 2. The van der Waals surface area contributed by atoms with Crippen LogP contribution in [0.15, 0.2) is 59.2 Å². The maximum atomic E-state index is 13.6. The van der Waals surface area contributed by atoms with Gasteiger partial charge < -0.3 is 13.9 Å². The number of carbonyl (C=O) groups is 1. The molecule has 0 radical (unpaired) electrons. The van der Waals surface area contributed by atoms with Crippen LogP contribution in [0.1, 0.15) is 16.1 Å². The van der Waals surface area contributed by atoms with Gasteiger partial charge in [0.1, 0.15) is 11.6 Å². The topological polar surface area (TPSA) is 64.8 Å². The fourth-order valence-corrected chi connectivity index (χ4v) is 3.90. The number of carbonyl (C=O) groups excluding carboxylic acids is 1. The Hall–Kier alpha value is -3.39. The Morgan fingerprint density at radius 1 is 1.14 bits per heavy atom. The molecule has 0 atom stereocenters. The minimum absolute atomic E-state index is 0.183. The molecule has 2 heterocycles. The number of thiazole rings is 1. The molecule has 2 aromatic carbocycles. The number of aromatic nitrogens is 1. The van der Waals surface area contributed by atoms with Crippen molar-refractivity contribution >= 4 is 32.6 Å². The highest BCUT2D eigenvalue weighted by Crippen LogP contribution is 2.33. The molecule has 148 valence electrons. The lowest BCUT2D eigenvalue weighted by Crippen LogP contribution is -2.30. The molecule has 4 aromatic rings. The molecular formula is C21H17FN2O4S. The average molecular weight is 412 g/mol. The molecule has 4 rings (SSSR count). The number of rotatable bonds is 6. The Morgan fingerprint density at radius 3 is 2.69 bits per heavy atom. The lowest BCUT2D eigenvalue weighted by atomic mass is 10.1. The Bertz CT molecular complexity index is 1160. The van der Waals surface area contributed by atoms with E-state index in [9.17, 15) is 9.18 Å². The number of benzene rings is 2. The Balaban J connectivity index is 1.76. The monoisotopic (exact) mass is 412 g/mol. The number of fused-ring (bicyclic) bond motifs is 1. The van der Waals surface area contributed by atoms with E-state index in [4.69, 9.17) is 13.9 Å². The number of amides is 1. The quantitative estimate of drug-likeness (QED) is 0.451. The predicted molar refractivity (Wildman–Crippen MR) is 108 cm³/mol. The Kier molecular flexibility index (Phi) is 5.18. The van der Waals surface area contributed by atoms with E-state index in [1.807, 2.05) is 0 Å². The number of methoxy groups -OCH3 is 2. The number of ether oxygens (including phenoxy) is 2. The van der Waals surface area contributed by atoms with Crippen molar-refractivity contribution < 1.29 is 23.1 Å². The van der Waals surface area contributed by atoms with Crippen molar-refractivity contribution in [2.24, 2.45) is 0 Å². The van der Waals surface area contributed by atoms with Crippen LogP contribution in [0.3, 0.4) is 0 Å². The number of hydrogen-bond donors (Lipinski definition) is 0. The Labute approximate surface area is 170 Å². The van der Waals surface area contributed by atoms with E-state index in [-0.39, 0.29) is 18.3 Å². The van der Waals surface area contributed by atoms with Gasteiger partial charge in [-0.15, -0.1) is 0 Å². The average Bonchev–Trinajstić information content (AvgIpc) is 3.40. The molecule has 0 aliphatic heterocycles. The normalized spacial score (nSPS) is 10.9. The number of hydrogen-bond acceptors (Lipinski definition) is 6. The number of furan rings is 1. The molecule has 0 spiro atoms. The summed E-state index contributed by atoms with van der Waals surface area (Å²) < 4.78 is 30.2. The second kappa shape index (κ2) is 7.92. The molecule has 0 saturated carbocycles. The Morgan fingerprint density at radius 2 is 1.97 bits per heavy atom. The van der Waals surface area contributed by atoms with Crippen LogP contribution < -0.4 is 14.4 Å². The van der Waals surface area contributed by atoms with E-state index in [0.717, 1.165) is 0 Å². The van der Waals surface area contributed by atoms with Crippen molar-refractivity contribution in [3.63, 3.8) is 0 Å². The fourth-order valence-electron chi connectivity index (χ4n) is 2.91. The van der Waals surface area contributed by atoms with Gasteiger partial charge in [0.05, 0.1) is 37.2 Å². The zero-order chi connectivity index (χ0) is 20.4. The molecule has 0 bridgehead atoms. The van der Waals surface area contributed by atoms with E-state index in [1.165, 1.54) is 42.6 Å². The van der Waals surface area contributed by atoms with Gasteiger partial charge in [-0.3, -0.25) is 9.69 Å². The molecule has 29 heavy (non-hydrogen) atoms. The van der Waals surface area contributed by atoms with Crippen molar-refractivity contribution in [3.05, 3.63) is 71.9 Å². The largest absolute Gasteiger partial charge is 0.493 e. The second-order valence-corrected chi connectivity index (χ2v) is 7.16. The molecule has 6 nitrogen and oxygen atoms in total. The third-order valence-electron chi connectivity index (χ3n) is 4.34. The van der Waals surface area contributed by atoms with Crippen molar-refractivity contribution in [2.75, 3.05) is 19.1 Å². The first kappa shape index (κ1) is 18.9. The van der Waals surface area contributed by atoms with Gasteiger partial charge in [-0.25, -0.2) is 9.37 Å². The lowest BCUT2D eigenvalue weighted by molar-refractivity contribution is 0.0983. The molecule has 0 aliphatic rings. The summed E-state index contributed by atoms with van der Waals surface area (Å²) in [7, 11) is 3.04. The van der Waals surface area contributed by atoms with Gasteiger partial charge in [-0.1, -0.05) is 11.3 Å². The molecule has 0 unspecified atom stereocenters. The van der Waals surface area contributed by atoms with E-state index < -0.39 is 0 Å². The predicted octanol–water partition coefficient (Wildman–Crippen LogP) is 4.89. The summed E-state index contributed by atoms with van der Waals surface area (Å²) in [6.45, 7) is 0.183. The highest BCUT2D eigenvalue weighted by Gasteiger charge is 2.24. The number of halogens is 1. The third-order valence-corrected chi connectivity index (χ3v) is 5.38. The minimum atomic E-state index is -0.350. The zero-order valence-corrected chi connectivity index (χ0v) is 16.5. The van der Waals surface area contributed by atoms with Crippen LogP contribution in [0.2, 0.25) is 0 Å². The van der Waals surface area contributed by atoms with E-state index >= 15 is 0 Å². The first-order valence-corrected chi connectivity index (χ1v) is 9.53. The third kappa shape index (κ3) is 3.79. The number of anilines is 1. The minimum Gasteiger partial charge on any atom is -0.493 e. The first-order valence-electron chi connectivity index (χ1n) is 8.71. The summed E-state index contributed by atoms with van der Waals surface area (Å²) in [5, 5.41) is 0.446. The maximum Gasteiger partial charge on any atom is 0.260 e. The van der Waals surface area contributed by atoms with Crippen LogP contribution in [0.4, 0.5) is 9.52 Å². The van der Waals surface area contributed by atoms with Crippen molar-refractivity contribution in [3.8, 4) is 11.5 Å². The molecule has 0 saturated heterocycles. The molecule has 0 aliphatic carbocycles. The van der Waals surface area contributed by atoms with Gasteiger partial charge in [0.25, 0.3) is 5.91 Å². The molecule has 8 heteroatoms. The van der Waals surface area contributed by atoms with Gasteiger partial charge in [0, 0.05) is 5.56 Å². The highest BCUT2D eigenvalue weighted by molar-refractivity contribution is 7.22. The highest BCUT2D eigenvalue weighted by atomic mass is 32.1. The second-order valence-electron chi connectivity index (χ2n) is 6.15. The van der Waals surface area contributed by atoms with Crippen LogP contribution in [-0.4, -0.2) is 25.1 Å². The summed E-state index contributed by atoms with van der Waals surface area (Å²) in [6, 6.07) is 12.8. The first-order chi connectivity index (χ1) is 14.1. The molecule has 2 aromatic heterocycles. The summed E-state index contributed by atoms with van der Waals surface area (Å²) in [6.07, 6.45) is 1.54. The van der Waals surface area contributed by atoms with Crippen LogP contribution >= 0.6 is 11.3 Å².